The zero-order valence-electron chi connectivity index (χ0n) is 9.32. The molecule has 1 aromatic heterocycles. The molecule has 0 fully saturated rings. The van der Waals surface area contributed by atoms with Crippen LogP contribution in [0.5, 0.6) is 0 Å². The van der Waals surface area contributed by atoms with E-state index < -0.39 is 5.97 Å². The fourth-order valence-electron chi connectivity index (χ4n) is 0.879. The van der Waals surface area contributed by atoms with E-state index in [2.05, 4.69) is 14.6 Å². The number of ether oxygens (including phenoxy) is 1. The molecule has 0 radical (unpaired) electrons. The molecule has 4 nitrogen and oxygen atoms in total. The normalized spacial score (nSPS) is 10.8. The molecule has 16 heavy (non-hydrogen) atoms. The second kappa shape index (κ2) is 6.44. The Hall–Kier alpha value is -0.300. The highest BCUT2D eigenvalue weighted by molar-refractivity contribution is 8.01. The monoisotopic (exact) mass is 280 g/mol. The van der Waals surface area contributed by atoms with E-state index in [0.29, 0.717) is 4.88 Å². The number of rotatable bonds is 5. The van der Waals surface area contributed by atoms with Crippen molar-refractivity contribution in [3.8, 4) is 0 Å². The average molecular weight is 281 g/mol. The summed E-state index contributed by atoms with van der Waals surface area (Å²) in [6, 6.07) is 0. The van der Waals surface area contributed by atoms with Gasteiger partial charge in [-0.1, -0.05) is 34.7 Å². The van der Waals surface area contributed by atoms with E-state index in [1.54, 1.807) is 11.8 Å². The number of carbonyl (C=O) groups excluding carboxylic acids is 1. The molecule has 0 atom stereocenters. The molecule has 0 aromatic carbocycles. The van der Waals surface area contributed by atoms with Crippen molar-refractivity contribution < 1.29 is 9.53 Å². The molecule has 0 saturated carbocycles. The average Bonchev–Trinajstić information content (AvgIpc) is 2.58. The Kier molecular flexibility index (Phi) is 5.54. The minimum Gasteiger partial charge on any atom is -0.465 e. The molecule has 0 unspecified atom stereocenters. The summed E-state index contributed by atoms with van der Waals surface area (Å²) < 4.78 is 5.40. The molecule has 0 amide bonds. The van der Waals surface area contributed by atoms with Crippen LogP contribution in [0, 0.1) is 0 Å². The van der Waals surface area contributed by atoms with Gasteiger partial charge in [-0.3, -0.25) is 0 Å². The lowest BCUT2D eigenvalue weighted by molar-refractivity contribution is 0.0606. The molecule has 0 aliphatic rings. The first-order chi connectivity index (χ1) is 7.54. The Bertz CT molecular complexity index is 368. The van der Waals surface area contributed by atoms with E-state index >= 15 is 0 Å². The first-order valence-electron chi connectivity index (χ1n) is 4.56. The summed E-state index contributed by atoms with van der Waals surface area (Å²) in [5.41, 5.74) is 0. The molecular formula is C9H13ClN2O2S2. The van der Waals surface area contributed by atoms with Gasteiger partial charge in [0.15, 0.2) is 14.4 Å². The zero-order chi connectivity index (χ0) is 12.1. The van der Waals surface area contributed by atoms with E-state index in [1.165, 1.54) is 18.4 Å². The molecule has 1 rings (SSSR count). The smallest absolute Gasteiger partial charge is 0.351 e. The highest BCUT2D eigenvalue weighted by Crippen LogP contribution is 2.30. The molecule has 7 heteroatoms. The quantitative estimate of drug-likeness (QED) is 0.611. The Morgan fingerprint density at radius 3 is 2.88 bits per heavy atom. The van der Waals surface area contributed by atoms with Crippen molar-refractivity contribution in [1.82, 2.24) is 9.88 Å². The van der Waals surface area contributed by atoms with E-state index in [9.17, 15) is 4.79 Å². The molecule has 0 aliphatic carbocycles. The molecular weight excluding hydrogens is 268 g/mol. The summed E-state index contributed by atoms with van der Waals surface area (Å²) in [5.74, 6) is 0.485. The third-order valence-corrected chi connectivity index (χ3v) is 4.25. The van der Waals surface area contributed by atoms with E-state index in [0.717, 1.165) is 16.6 Å². The largest absolute Gasteiger partial charge is 0.465 e. The molecule has 1 aromatic rings. The fraction of sp³-hybridized carbons (Fsp3) is 0.556. The second-order valence-corrected chi connectivity index (χ2v) is 5.94. The number of halogens is 1. The van der Waals surface area contributed by atoms with E-state index in [1.807, 2.05) is 14.1 Å². The van der Waals surface area contributed by atoms with Crippen molar-refractivity contribution in [2.24, 2.45) is 0 Å². The minimum absolute atomic E-state index is 0.226. The Morgan fingerprint density at radius 2 is 2.31 bits per heavy atom. The highest BCUT2D eigenvalue weighted by atomic mass is 35.5. The van der Waals surface area contributed by atoms with Crippen LogP contribution >= 0.6 is 34.7 Å². The number of hydrogen-bond donors (Lipinski definition) is 0. The zero-order valence-corrected chi connectivity index (χ0v) is 11.7. The third kappa shape index (κ3) is 3.93. The van der Waals surface area contributed by atoms with Crippen LogP contribution in [0.2, 0.25) is 5.15 Å². The van der Waals surface area contributed by atoms with Crippen molar-refractivity contribution in [1.29, 1.82) is 0 Å². The van der Waals surface area contributed by atoms with Gasteiger partial charge in [0.05, 0.1) is 7.11 Å². The van der Waals surface area contributed by atoms with Gasteiger partial charge in [0.1, 0.15) is 0 Å². The first-order valence-corrected chi connectivity index (χ1v) is 6.74. The Morgan fingerprint density at radius 1 is 1.62 bits per heavy atom. The number of thiazole rings is 1. The first kappa shape index (κ1) is 13.8. The van der Waals surface area contributed by atoms with Gasteiger partial charge in [0, 0.05) is 12.3 Å². The summed E-state index contributed by atoms with van der Waals surface area (Å²) in [6.45, 7) is 0.954. The summed E-state index contributed by atoms with van der Waals surface area (Å²) in [7, 11) is 5.35. The van der Waals surface area contributed by atoms with Gasteiger partial charge in [-0.05, 0) is 14.1 Å². The summed E-state index contributed by atoms with van der Waals surface area (Å²) in [5, 5.41) is 0.226. The number of hydrogen-bond acceptors (Lipinski definition) is 6. The number of nitrogens with zero attached hydrogens (tertiary/aromatic N) is 2. The number of carbonyl (C=O) groups is 1. The van der Waals surface area contributed by atoms with Gasteiger partial charge in [0.2, 0.25) is 0 Å². The van der Waals surface area contributed by atoms with E-state index in [4.69, 9.17) is 11.6 Å². The van der Waals surface area contributed by atoms with Crippen molar-refractivity contribution in [3.05, 3.63) is 10.0 Å². The van der Waals surface area contributed by atoms with Gasteiger partial charge >= 0.3 is 5.97 Å². The lowest BCUT2D eigenvalue weighted by atomic mass is 10.6. The highest BCUT2D eigenvalue weighted by Gasteiger charge is 2.17. The van der Waals surface area contributed by atoms with Crippen LogP contribution in [0.25, 0.3) is 0 Å². The van der Waals surface area contributed by atoms with Crippen molar-refractivity contribution in [3.63, 3.8) is 0 Å². The second-order valence-electron chi connectivity index (χ2n) is 3.24. The number of methoxy groups -OCH3 is 1. The topological polar surface area (TPSA) is 42.4 Å². The Labute approximate surface area is 108 Å². The van der Waals surface area contributed by atoms with Crippen molar-refractivity contribution >= 4 is 40.7 Å². The Balaban J connectivity index is 2.59. The van der Waals surface area contributed by atoms with Gasteiger partial charge in [-0.2, -0.15) is 0 Å². The van der Waals surface area contributed by atoms with Crippen LogP contribution < -0.4 is 0 Å². The van der Waals surface area contributed by atoms with Gasteiger partial charge < -0.3 is 9.64 Å². The van der Waals surface area contributed by atoms with Crippen molar-refractivity contribution in [2.45, 2.75) is 4.34 Å². The summed E-state index contributed by atoms with van der Waals surface area (Å²) in [6.07, 6.45) is 0. The van der Waals surface area contributed by atoms with Crippen LogP contribution in [0.3, 0.4) is 0 Å². The van der Waals surface area contributed by atoms with Crippen LogP contribution in [-0.4, -0.2) is 49.4 Å². The maximum Gasteiger partial charge on any atom is 0.351 e. The molecule has 0 spiro atoms. The molecule has 90 valence electrons. The molecule has 0 N–H and O–H groups in total. The van der Waals surface area contributed by atoms with E-state index in [-0.39, 0.29) is 5.15 Å². The molecule has 1 heterocycles. The standard InChI is InChI=1S/C9H13ClN2O2S2/c1-12(2)4-5-15-9-11-7(10)6(16-9)8(13)14-3/h4-5H2,1-3H3. The molecule has 0 bridgehead atoms. The molecule has 0 saturated heterocycles. The van der Waals surface area contributed by atoms with Gasteiger partial charge in [-0.25, -0.2) is 9.78 Å². The van der Waals surface area contributed by atoms with Gasteiger partial charge in [-0.15, -0.1) is 0 Å². The molecule has 0 aliphatic heterocycles. The number of aromatic nitrogens is 1. The maximum atomic E-state index is 11.3. The van der Waals surface area contributed by atoms with Gasteiger partial charge in [0.25, 0.3) is 0 Å². The number of esters is 1. The minimum atomic E-state index is -0.429. The number of thioether (sulfide) groups is 1. The SMILES string of the molecule is COC(=O)c1sc(SCCN(C)C)nc1Cl. The third-order valence-electron chi connectivity index (χ3n) is 1.70. The summed E-state index contributed by atoms with van der Waals surface area (Å²) in [4.78, 5) is 17.8. The van der Waals surface area contributed by atoms with Crippen LogP contribution in [0.1, 0.15) is 9.67 Å². The van der Waals surface area contributed by atoms with Crippen molar-refractivity contribution in [2.75, 3.05) is 33.5 Å². The fourth-order valence-corrected chi connectivity index (χ4v) is 3.39. The van der Waals surface area contributed by atoms with Crippen LogP contribution in [-0.2, 0) is 4.74 Å². The predicted molar refractivity (Wildman–Crippen MR) is 67.7 cm³/mol. The lowest BCUT2D eigenvalue weighted by Crippen LogP contribution is -2.14. The predicted octanol–water partition coefficient (Wildman–Crippen LogP) is 2.24. The lowest BCUT2D eigenvalue weighted by Gasteiger charge is -2.06. The van der Waals surface area contributed by atoms with Crippen LogP contribution in [0.4, 0.5) is 0 Å². The maximum absolute atomic E-state index is 11.3. The summed E-state index contributed by atoms with van der Waals surface area (Å²) >= 11 is 8.69. The van der Waals surface area contributed by atoms with Crippen LogP contribution in [0.15, 0.2) is 4.34 Å².